The standard InChI is InChI=1S/C21H21Cl2N3O2/c1-14(16-10-9-15(22)12-18(16)23)25(2)20(27)8-5-11-26-13-24-19-7-4-3-6-17(19)21(26)28/h3-4,6-7,9-10,12-14H,5,8,11H2,1-2H3/t14-/m0/s1. The molecule has 0 fully saturated rings. The lowest BCUT2D eigenvalue weighted by molar-refractivity contribution is -0.131. The highest BCUT2D eigenvalue weighted by Crippen LogP contribution is 2.29. The van der Waals surface area contributed by atoms with E-state index in [4.69, 9.17) is 23.2 Å². The SMILES string of the molecule is C[C@@H](c1ccc(Cl)cc1Cl)N(C)C(=O)CCCn1cnc2ccccc2c1=O. The van der Waals surface area contributed by atoms with Crippen molar-refractivity contribution in [2.45, 2.75) is 32.4 Å². The Labute approximate surface area is 173 Å². The number of amides is 1. The number of carbonyl (C=O) groups is 1. The second kappa shape index (κ2) is 8.76. The van der Waals surface area contributed by atoms with Crippen LogP contribution in [0.2, 0.25) is 10.0 Å². The smallest absolute Gasteiger partial charge is 0.261 e. The summed E-state index contributed by atoms with van der Waals surface area (Å²) in [4.78, 5) is 31.0. The molecule has 2 aromatic carbocycles. The fourth-order valence-electron chi connectivity index (χ4n) is 3.11. The molecule has 0 aliphatic heterocycles. The number of para-hydroxylation sites is 1. The molecule has 0 saturated carbocycles. The van der Waals surface area contributed by atoms with Gasteiger partial charge >= 0.3 is 0 Å². The van der Waals surface area contributed by atoms with Gasteiger partial charge in [-0.05, 0) is 43.2 Å². The summed E-state index contributed by atoms with van der Waals surface area (Å²) in [5.41, 5.74) is 1.43. The van der Waals surface area contributed by atoms with Gasteiger partial charge in [-0.3, -0.25) is 14.2 Å². The Hall–Kier alpha value is -2.37. The molecule has 5 nitrogen and oxygen atoms in total. The van der Waals surface area contributed by atoms with E-state index < -0.39 is 0 Å². The summed E-state index contributed by atoms with van der Waals surface area (Å²) in [6.45, 7) is 2.36. The van der Waals surface area contributed by atoms with Crippen molar-refractivity contribution < 1.29 is 4.79 Å². The van der Waals surface area contributed by atoms with Crippen LogP contribution in [0.25, 0.3) is 10.9 Å². The van der Waals surface area contributed by atoms with E-state index in [0.29, 0.717) is 40.3 Å². The van der Waals surface area contributed by atoms with E-state index in [2.05, 4.69) is 4.98 Å². The Kier molecular flexibility index (Phi) is 6.37. The molecule has 0 unspecified atom stereocenters. The first kappa shape index (κ1) is 20.4. The van der Waals surface area contributed by atoms with Crippen molar-refractivity contribution in [3.63, 3.8) is 0 Å². The third-order valence-electron chi connectivity index (χ3n) is 4.91. The van der Waals surface area contributed by atoms with Gasteiger partial charge in [0.2, 0.25) is 5.91 Å². The van der Waals surface area contributed by atoms with Crippen LogP contribution in [0, 0.1) is 0 Å². The highest BCUT2D eigenvalue weighted by atomic mass is 35.5. The number of carbonyl (C=O) groups excluding carboxylic acids is 1. The second-order valence-corrected chi connectivity index (χ2v) is 7.55. The van der Waals surface area contributed by atoms with Gasteiger partial charge in [-0.1, -0.05) is 41.4 Å². The largest absolute Gasteiger partial charge is 0.339 e. The normalized spacial score (nSPS) is 12.1. The van der Waals surface area contributed by atoms with Crippen molar-refractivity contribution in [1.29, 1.82) is 0 Å². The summed E-state index contributed by atoms with van der Waals surface area (Å²) >= 11 is 12.2. The van der Waals surface area contributed by atoms with Gasteiger partial charge < -0.3 is 4.90 Å². The molecule has 1 amide bonds. The van der Waals surface area contributed by atoms with Crippen LogP contribution in [0.4, 0.5) is 0 Å². The van der Waals surface area contributed by atoms with E-state index in [1.165, 1.54) is 6.33 Å². The van der Waals surface area contributed by atoms with Gasteiger partial charge in [-0.25, -0.2) is 4.98 Å². The molecule has 0 N–H and O–H groups in total. The van der Waals surface area contributed by atoms with Crippen LogP contribution in [-0.2, 0) is 11.3 Å². The Morgan fingerprint density at radius 1 is 1.21 bits per heavy atom. The van der Waals surface area contributed by atoms with Crippen LogP contribution in [0.15, 0.2) is 53.6 Å². The number of aromatic nitrogens is 2. The third-order valence-corrected chi connectivity index (χ3v) is 5.47. The monoisotopic (exact) mass is 417 g/mol. The van der Waals surface area contributed by atoms with Crippen molar-refractivity contribution in [3.05, 3.63) is 74.8 Å². The fraction of sp³-hybridized carbons (Fsp3) is 0.286. The van der Waals surface area contributed by atoms with E-state index in [9.17, 15) is 9.59 Å². The Morgan fingerprint density at radius 2 is 1.96 bits per heavy atom. The molecule has 0 saturated heterocycles. The lowest BCUT2D eigenvalue weighted by Gasteiger charge is -2.26. The van der Waals surface area contributed by atoms with E-state index in [-0.39, 0.29) is 17.5 Å². The Morgan fingerprint density at radius 3 is 2.71 bits per heavy atom. The maximum Gasteiger partial charge on any atom is 0.261 e. The summed E-state index contributed by atoms with van der Waals surface area (Å²) in [5, 5.41) is 1.68. The molecule has 0 aliphatic carbocycles. The van der Waals surface area contributed by atoms with Crippen LogP contribution >= 0.6 is 23.2 Å². The summed E-state index contributed by atoms with van der Waals surface area (Å²) in [6, 6.07) is 12.3. The first-order valence-electron chi connectivity index (χ1n) is 9.03. The van der Waals surface area contributed by atoms with Gasteiger partial charge in [0.15, 0.2) is 0 Å². The number of fused-ring (bicyclic) bond motifs is 1. The molecule has 0 radical (unpaired) electrons. The Balaban J connectivity index is 1.62. The lowest BCUT2D eigenvalue weighted by Crippen LogP contribution is -2.30. The van der Waals surface area contributed by atoms with Crippen LogP contribution < -0.4 is 5.56 Å². The molecule has 1 atom stereocenters. The van der Waals surface area contributed by atoms with E-state index in [1.54, 1.807) is 34.7 Å². The molecular weight excluding hydrogens is 397 g/mol. The third kappa shape index (κ3) is 4.37. The molecule has 7 heteroatoms. The van der Waals surface area contributed by atoms with Crippen molar-refractivity contribution in [2.24, 2.45) is 0 Å². The minimum absolute atomic E-state index is 0.0136. The second-order valence-electron chi connectivity index (χ2n) is 6.71. The lowest BCUT2D eigenvalue weighted by atomic mass is 10.1. The molecule has 28 heavy (non-hydrogen) atoms. The molecule has 0 spiro atoms. The quantitative estimate of drug-likeness (QED) is 0.583. The van der Waals surface area contributed by atoms with Gasteiger partial charge in [0.1, 0.15) is 0 Å². The predicted octanol–water partition coefficient (Wildman–Crippen LogP) is 4.70. The van der Waals surface area contributed by atoms with Crippen LogP contribution in [0.3, 0.4) is 0 Å². The number of aryl methyl sites for hydroxylation is 1. The minimum Gasteiger partial charge on any atom is -0.339 e. The van der Waals surface area contributed by atoms with Crippen molar-refractivity contribution in [1.82, 2.24) is 14.5 Å². The van der Waals surface area contributed by atoms with Gasteiger partial charge in [0.25, 0.3) is 5.56 Å². The highest BCUT2D eigenvalue weighted by molar-refractivity contribution is 6.35. The summed E-state index contributed by atoms with van der Waals surface area (Å²) in [6.07, 6.45) is 2.41. The molecule has 0 bridgehead atoms. The average molecular weight is 418 g/mol. The Bertz CT molecular complexity index is 1060. The topological polar surface area (TPSA) is 55.2 Å². The molecule has 0 aliphatic rings. The summed E-state index contributed by atoms with van der Waals surface area (Å²) < 4.78 is 1.55. The van der Waals surface area contributed by atoms with Gasteiger partial charge in [-0.15, -0.1) is 0 Å². The summed E-state index contributed by atoms with van der Waals surface area (Å²) in [7, 11) is 1.75. The number of rotatable bonds is 6. The average Bonchev–Trinajstić information content (AvgIpc) is 2.68. The van der Waals surface area contributed by atoms with Gasteiger partial charge in [0.05, 0.1) is 23.3 Å². The zero-order valence-electron chi connectivity index (χ0n) is 15.7. The van der Waals surface area contributed by atoms with Crippen LogP contribution in [0.1, 0.15) is 31.4 Å². The maximum atomic E-state index is 12.6. The number of hydrogen-bond donors (Lipinski definition) is 0. The van der Waals surface area contributed by atoms with E-state index in [0.717, 1.165) is 5.56 Å². The van der Waals surface area contributed by atoms with Crippen molar-refractivity contribution in [3.8, 4) is 0 Å². The van der Waals surface area contributed by atoms with E-state index in [1.807, 2.05) is 31.2 Å². The zero-order chi connectivity index (χ0) is 20.3. The minimum atomic E-state index is -0.178. The first-order valence-corrected chi connectivity index (χ1v) is 9.79. The number of benzene rings is 2. The molecule has 146 valence electrons. The molecule has 1 aromatic heterocycles. The van der Waals surface area contributed by atoms with Crippen LogP contribution in [-0.4, -0.2) is 27.4 Å². The maximum absolute atomic E-state index is 12.6. The molecule has 3 rings (SSSR count). The summed E-state index contributed by atoms with van der Waals surface area (Å²) in [5.74, 6) is -0.0136. The molecular formula is C21H21Cl2N3O2. The van der Waals surface area contributed by atoms with Gasteiger partial charge in [0, 0.05) is 30.1 Å². The first-order chi connectivity index (χ1) is 13.4. The number of nitrogens with zero attached hydrogens (tertiary/aromatic N) is 3. The van der Waals surface area contributed by atoms with Crippen LogP contribution in [0.5, 0.6) is 0 Å². The number of hydrogen-bond acceptors (Lipinski definition) is 3. The molecule has 1 heterocycles. The van der Waals surface area contributed by atoms with E-state index >= 15 is 0 Å². The number of halogens is 2. The van der Waals surface area contributed by atoms with Gasteiger partial charge in [-0.2, -0.15) is 0 Å². The van der Waals surface area contributed by atoms with Crippen molar-refractivity contribution >= 4 is 40.0 Å². The fourth-order valence-corrected chi connectivity index (χ4v) is 3.67. The molecule has 3 aromatic rings. The zero-order valence-corrected chi connectivity index (χ0v) is 17.2. The predicted molar refractivity (Wildman–Crippen MR) is 113 cm³/mol. The van der Waals surface area contributed by atoms with Crippen molar-refractivity contribution in [2.75, 3.05) is 7.05 Å². The highest BCUT2D eigenvalue weighted by Gasteiger charge is 2.19.